The molecule has 2 atom stereocenters. The summed E-state index contributed by atoms with van der Waals surface area (Å²) in [5.74, 6) is 0. The third-order valence-electron chi connectivity index (χ3n) is 7.77. The highest BCUT2D eigenvalue weighted by atomic mass is 32.1. The van der Waals surface area contributed by atoms with Gasteiger partial charge in [-0.1, -0.05) is 6.07 Å². The molecular weight excluding hydrogens is 500 g/mol. The van der Waals surface area contributed by atoms with Gasteiger partial charge in [0.2, 0.25) is 0 Å². The van der Waals surface area contributed by atoms with Crippen LogP contribution >= 0.6 is 12.2 Å². The number of rotatable bonds is 8. The number of anilines is 3. The first-order chi connectivity index (χ1) is 18.8. The molecule has 2 aromatic carbocycles. The van der Waals surface area contributed by atoms with Gasteiger partial charge in [-0.3, -0.25) is 4.98 Å². The Hall–Kier alpha value is -3.84. The number of hydrogen-bond donors (Lipinski definition) is 1. The molecule has 1 aliphatic rings. The third kappa shape index (κ3) is 4.99. The number of nitrogens with one attached hydrogen (secondary N) is 1. The van der Waals surface area contributed by atoms with Crippen molar-refractivity contribution >= 4 is 34.4 Å². The molecule has 0 spiro atoms. The molecule has 6 nitrogen and oxygen atoms in total. The first kappa shape index (κ1) is 26.8. The van der Waals surface area contributed by atoms with Crippen molar-refractivity contribution in [2.75, 3.05) is 41.9 Å². The maximum absolute atomic E-state index is 5.96. The van der Waals surface area contributed by atoms with Crippen molar-refractivity contribution < 1.29 is 0 Å². The smallest absolute Gasteiger partial charge is 0.174 e. The van der Waals surface area contributed by atoms with E-state index in [1.807, 2.05) is 18.3 Å². The minimum atomic E-state index is -0.0776. The number of pyridine rings is 1. The molecule has 39 heavy (non-hydrogen) atoms. The fourth-order valence-corrected chi connectivity index (χ4v) is 6.09. The minimum Gasteiger partial charge on any atom is -0.378 e. The second-order valence-electron chi connectivity index (χ2n) is 10.3. The Balaban J connectivity index is 1.60. The summed E-state index contributed by atoms with van der Waals surface area (Å²) in [4.78, 5) is 11.5. The number of aryl methyl sites for hydroxylation is 1. The SMILES string of the molecule is CCN(CC)c1ccc(-n2c(C)cc([C@H]3[C@@H](c4ccccn4)NC(=S)N3c3ccc(N(C)C)cc3)c2C)cc1. The lowest BCUT2D eigenvalue weighted by atomic mass is 9.96. The van der Waals surface area contributed by atoms with Crippen LogP contribution < -0.4 is 20.0 Å². The van der Waals surface area contributed by atoms with Crippen LogP contribution in [0.25, 0.3) is 5.69 Å². The summed E-state index contributed by atoms with van der Waals surface area (Å²) in [6, 6.07) is 25.8. The molecule has 0 amide bonds. The monoisotopic (exact) mass is 538 g/mol. The predicted octanol–water partition coefficient (Wildman–Crippen LogP) is 6.58. The molecule has 0 aliphatic carbocycles. The van der Waals surface area contributed by atoms with E-state index in [4.69, 9.17) is 17.2 Å². The van der Waals surface area contributed by atoms with Gasteiger partial charge in [-0.2, -0.15) is 0 Å². The zero-order chi connectivity index (χ0) is 27.7. The minimum absolute atomic E-state index is 0.0486. The second-order valence-corrected chi connectivity index (χ2v) is 10.6. The topological polar surface area (TPSA) is 39.6 Å². The summed E-state index contributed by atoms with van der Waals surface area (Å²) in [6.45, 7) is 10.8. The normalized spacial score (nSPS) is 16.9. The van der Waals surface area contributed by atoms with Gasteiger partial charge in [0.05, 0.1) is 17.8 Å². The molecule has 1 N–H and O–H groups in total. The largest absolute Gasteiger partial charge is 0.378 e. The van der Waals surface area contributed by atoms with Crippen LogP contribution in [0.3, 0.4) is 0 Å². The van der Waals surface area contributed by atoms with Gasteiger partial charge in [0.1, 0.15) is 0 Å². The Morgan fingerprint density at radius 2 is 1.51 bits per heavy atom. The molecule has 7 heteroatoms. The zero-order valence-electron chi connectivity index (χ0n) is 23.7. The lowest BCUT2D eigenvalue weighted by Gasteiger charge is -2.28. The fraction of sp³-hybridized carbons (Fsp3) is 0.312. The van der Waals surface area contributed by atoms with Gasteiger partial charge in [-0.15, -0.1) is 0 Å². The van der Waals surface area contributed by atoms with E-state index in [2.05, 4.69) is 127 Å². The summed E-state index contributed by atoms with van der Waals surface area (Å²) in [5, 5.41) is 4.31. The number of hydrogen-bond acceptors (Lipinski definition) is 4. The summed E-state index contributed by atoms with van der Waals surface area (Å²) in [6.07, 6.45) is 1.85. The maximum Gasteiger partial charge on any atom is 0.174 e. The van der Waals surface area contributed by atoms with E-state index in [0.717, 1.165) is 35.8 Å². The van der Waals surface area contributed by atoms with Crippen LogP contribution in [0.2, 0.25) is 0 Å². The van der Waals surface area contributed by atoms with E-state index in [1.54, 1.807) is 0 Å². The van der Waals surface area contributed by atoms with Crippen molar-refractivity contribution in [3.63, 3.8) is 0 Å². The Morgan fingerprint density at radius 3 is 2.10 bits per heavy atom. The first-order valence-corrected chi connectivity index (χ1v) is 14.1. The Bertz CT molecular complexity index is 1420. The highest BCUT2D eigenvalue weighted by molar-refractivity contribution is 7.80. The van der Waals surface area contributed by atoms with Crippen molar-refractivity contribution in [1.29, 1.82) is 0 Å². The van der Waals surface area contributed by atoms with Crippen molar-refractivity contribution in [2.24, 2.45) is 0 Å². The van der Waals surface area contributed by atoms with E-state index in [1.165, 1.54) is 22.6 Å². The van der Waals surface area contributed by atoms with Crippen molar-refractivity contribution in [3.8, 4) is 5.69 Å². The summed E-state index contributed by atoms with van der Waals surface area (Å²) in [5.41, 5.74) is 9.24. The quantitative estimate of drug-likeness (QED) is 0.256. The first-order valence-electron chi connectivity index (χ1n) is 13.7. The Morgan fingerprint density at radius 1 is 0.872 bits per heavy atom. The standard InChI is InChI=1S/C32H38N6S/c1-7-36(8-2)25-14-18-26(19-15-25)37-22(3)21-28(23(37)4)31-30(29-11-9-10-20-33-29)34-32(39)38(31)27-16-12-24(13-17-27)35(5)6/h9-21,30-31H,7-8H2,1-6H3,(H,34,39)/t30-,31+/m1/s1. The summed E-state index contributed by atoms with van der Waals surface area (Å²) >= 11 is 5.96. The lowest BCUT2D eigenvalue weighted by Crippen LogP contribution is -2.29. The van der Waals surface area contributed by atoms with E-state index < -0.39 is 0 Å². The Kier molecular flexibility index (Phi) is 7.62. The summed E-state index contributed by atoms with van der Waals surface area (Å²) in [7, 11) is 4.11. The van der Waals surface area contributed by atoms with Crippen LogP contribution in [0, 0.1) is 13.8 Å². The van der Waals surface area contributed by atoms with Gasteiger partial charge in [0.15, 0.2) is 5.11 Å². The van der Waals surface area contributed by atoms with Crippen LogP contribution in [0.15, 0.2) is 79.0 Å². The van der Waals surface area contributed by atoms with Crippen molar-refractivity contribution in [2.45, 2.75) is 39.8 Å². The summed E-state index contributed by atoms with van der Waals surface area (Å²) < 4.78 is 2.35. The number of thiocarbonyl (C=S) groups is 1. The maximum atomic E-state index is 5.96. The molecule has 202 valence electrons. The average Bonchev–Trinajstić information content (AvgIpc) is 3.45. The second kappa shape index (κ2) is 11.1. The lowest BCUT2D eigenvalue weighted by molar-refractivity contribution is 0.565. The molecule has 4 aromatic rings. The molecule has 0 bridgehead atoms. The third-order valence-corrected chi connectivity index (χ3v) is 8.08. The van der Waals surface area contributed by atoms with Crippen molar-refractivity contribution in [1.82, 2.24) is 14.9 Å². The van der Waals surface area contributed by atoms with Crippen LogP contribution in [-0.2, 0) is 0 Å². The van der Waals surface area contributed by atoms with Gasteiger partial charge < -0.3 is 24.6 Å². The predicted molar refractivity (Wildman–Crippen MR) is 168 cm³/mol. The van der Waals surface area contributed by atoms with Gasteiger partial charge >= 0.3 is 0 Å². The molecule has 3 heterocycles. The van der Waals surface area contributed by atoms with Crippen LogP contribution in [0.1, 0.15) is 48.6 Å². The van der Waals surface area contributed by atoms with Crippen LogP contribution in [0.5, 0.6) is 0 Å². The Labute approximate surface area is 237 Å². The molecule has 0 saturated carbocycles. The number of aromatic nitrogens is 2. The number of benzene rings is 2. The molecule has 1 fully saturated rings. The molecule has 5 rings (SSSR count). The molecular formula is C32H38N6S. The molecule has 0 unspecified atom stereocenters. The van der Waals surface area contributed by atoms with E-state index in [0.29, 0.717) is 5.11 Å². The molecule has 2 aromatic heterocycles. The zero-order valence-corrected chi connectivity index (χ0v) is 24.5. The molecule has 0 radical (unpaired) electrons. The van der Waals surface area contributed by atoms with Gasteiger partial charge in [0.25, 0.3) is 0 Å². The van der Waals surface area contributed by atoms with Crippen molar-refractivity contribution in [3.05, 3.63) is 102 Å². The average molecular weight is 539 g/mol. The fourth-order valence-electron chi connectivity index (χ4n) is 5.75. The van der Waals surface area contributed by atoms with Gasteiger partial charge in [-0.25, -0.2) is 0 Å². The molecule has 1 aliphatic heterocycles. The van der Waals surface area contributed by atoms with E-state index in [-0.39, 0.29) is 12.1 Å². The van der Waals surface area contributed by atoms with Gasteiger partial charge in [-0.05, 0) is 112 Å². The van der Waals surface area contributed by atoms with Crippen LogP contribution in [0.4, 0.5) is 17.1 Å². The van der Waals surface area contributed by atoms with E-state index >= 15 is 0 Å². The van der Waals surface area contributed by atoms with Crippen LogP contribution in [-0.4, -0.2) is 41.8 Å². The highest BCUT2D eigenvalue weighted by Gasteiger charge is 2.42. The highest BCUT2D eigenvalue weighted by Crippen LogP contribution is 2.44. The number of nitrogens with zero attached hydrogens (tertiary/aromatic N) is 5. The molecule has 1 saturated heterocycles. The van der Waals surface area contributed by atoms with Gasteiger partial charge in [0, 0.05) is 67.5 Å². The van der Waals surface area contributed by atoms with E-state index in [9.17, 15) is 0 Å².